The van der Waals surface area contributed by atoms with Gasteiger partial charge >= 0.3 is 0 Å². The first-order chi connectivity index (χ1) is 14.6. The zero-order valence-corrected chi connectivity index (χ0v) is 16.7. The average Bonchev–Trinajstić information content (AvgIpc) is 3.13. The molecule has 0 aliphatic rings. The number of aromatic nitrogens is 4. The third-order valence-corrected chi connectivity index (χ3v) is 4.72. The van der Waals surface area contributed by atoms with Crippen LogP contribution < -0.4 is 5.32 Å². The van der Waals surface area contributed by atoms with E-state index in [0.29, 0.717) is 30.4 Å². The van der Waals surface area contributed by atoms with Crippen molar-refractivity contribution in [2.75, 3.05) is 26.0 Å². The van der Waals surface area contributed by atoms with Crippen LogP contribution in [-0.2, 0) is 6.54 Å². The van der Waals surface area contributed by atoms with Crippen LogP contribution in [0.25, 0.3) is 28.3 Å². The van der Waals surface area contributed by atoms with E-state index in [9.17, 15) is 4.39 Å². The Morgan fingerprint density at radius 2 is 1.97 bits per heavy atom. The minimum atomic E-state index is -0.300. The molecule has 0 radical (unpaired) electrons. The first-order valence-corrected chi connectivity index (χ1v) is 9.42. The van der Waals surface area contributed by atoms with Crippen molar-refractivity contribution >= 4 is 11.6 Å². The van der Waals surface area contributed by atoms with Gasteiger partial charge < -0.3 is 5.32 Å². The molecule has 0 unspecified atom stereocenters. The average molecular weight is 401 g/mol. The molecule has 0 saturated carbocycles. The number of rotatable bonds is 6. The van der Waals surface area contributed by atoms with Crippen molar-refractivity contribution in [1.82, 2.24) is 24.3 Å². The van der Waals surface area contributed by atoms with Gasteiger partial charge in [0.1, 0.15) is 11.5 Å². The lowest BCUT2D eigenvalue weighted by molar-refractivity contribution is 0.367. The van der Waals surface area contributed by atoms with Crippen LogP contribution in [-0.4, -0.2) is 44.9 Å². The summed E-state index contributed by atoms with van der Waals surface area (Å²) in [5, 5.41) is 11.8. The van der Waals surface area contributed by atoms with Crippen LogP contribution in [0.2, 0.25) is 0 Å². The summed E-state index contributed by atoms with van der Waals surface area (Å²) >= 11 is 0. The normalized spacial score (nSPS) is 11.0. The van der Waals surface area contributed by atoms with E-state index in [1.807, 2.05) is 40.7 Å². The Morgan fingerprint density at radius 1 is 1.17 bits per heavy atom. The zero-order valence-electron chi connectivity index (χ0n) is 16.7. The summed E-state index contributed by atoms with van der Waals surface area (Å²) in [5.41, 5.74) is 4.79. The summed E-state index contributed by atoms with van der Waals surface area (Å²) < 4.78 is 15.5. The van der Waals surface area contributed by atoms with E-state index in [-0.39, 0.29) is 5.82 Å². The summed E-state index contributed by atoms with van der Waals surface area (Å²) in [6, 6.07) is 14.2. The molecule has 3 aromatic heterocycles. The number of imidazole rings is 1. The lowest BCUT2D eigenvalue weighted by atomic mass is 10.1. The van der Waals surface area contributed by atoms with Crippen LogP contribution in [0.3, 0.4) is 0 Å². The molecule has 0 aliphatic carbocycles. The van der Waals surface area contributed by atoms with E-state index >= 15 is 0 Å². The molecule has 1 N–H and O–H groups in total. The van der Waals surface area contributed by atoms with Gasteiger partial charge in [-0.05, 0) is 55.1 Å². The predicted molar refractivity (Wildman–Crippen MR) is 113 cm³/mol. The van der Waals surface area contributed by atoms with Gasteiger partial charge in [0.2, 0.25) is 5.95 Å². The fraction of sp³-hybridized carbons (Fsp3) is 0.182. The van der Waals surface area contributed by atoms with Gasteiger partial charge in [0, 0.05) is 31.5 Å². The molecule has 0 amide bonds. The number of nitriles is 1. The van der Waals surface area contributed by atoms with Crippen molar-refractivity contribution in [2.45, 2.75) is 6.54 Å². The number of halogens is 1. The molecule has 1 aromatic carbocycles. The minimum absolute atomic E-state index is 0.300. The lowest BCUT2D eigenvalue weighted by Crippen LogP contribution is -2.17. The highest BCUT2D eigenvalue weighted by Gasteiger charge is 2.18. The van der Waals surface area contributed by atoms with Gasteiger partial charge in [-0.2, -0.15) is 5.26 Å². The minimum Gasteiger partial charge on any atom is -0.357 e. The molecule has 8 heteroatoms. The number of fused-ring (bicyclic) bond motifs is 1. The quantitative estimate of drug-likeness (QED) is 0.497. The second-order valence-electron chi connectivity index (χ2n) is 6.92. The molecule has 0 atom stereocenters. The SMILES string of the molecule is CNc1nccc(-c2c(-c3ccc(F)cc3)nc3cc(CN(C)CC#N)ccn23)n1. The van der Waals surface area contributed by atoms with Crippen LogP contribution in [0.1, 0.15) is 5.56 Å². The smallest absolute Gasteiger partial charge is 0.222 e. The van der Waals surface area contributed by atoms with Crippen molar-refractivity contribution in [2.24, 2.45) is 0 Å². The van der Waals surface area contributed by atoms with Crippen molar-refractivity contribution < 1.29 is 4.39 Å². The first kappa shape index (κ1) is 19.5. The monoisotopic (exact) mass is 401 g/mol. The highest BCUT2D eigenvalue weighted by Crippen LogP contribution is 2.32. The second kappa shape index (κ2) is 8.27. The van der Waals surface area contributed by atoms with E-state index in [1.54, 1.807) is 25.4 Å². The molecule has 30 heavy (non-hydrogen) atoms. The van der Waals surface area contributed by atoms with E-state index in [1.165, 1.54) is 12.1 Å². The van der Waals surface area contributed by atoms with Gasteiger partial charge in [0.15, 0.2) is 0 Å². The van der Waals surface area contributed by atoms with Gasteiger partial charge in [0.05, 0.1) is 29.7 Å². The summed E-state index contributed by atoms with van der Waals surface area (Å²) in [6.45, 7) is 0.981. The third kappa shape index (κ3) is 3.83. The molecule has 0 spiro atoms. The number of nitrogens with zero attached hydrogens (tertiary/aromatic N) is 6. The van der Waals surface area contributed by atoms with Crippen LogP contribution in [0, 0.1) is 17.1 Å². The van der Waals surface area contributed by atoms with Crippen LogP contribution in [0.5, 0.6) is 0 Å². The lowest BCUT2D eigenvalue weighted by Gasteiger charge is -2.12. The third-order valence-electron chi connectivity index (χ3n) is 4.72. The molecular formula is C22H20FN7. The molecule has 0 aliphatic heterocycles. The Balaban J connectivity index is 1.88. The van der Waals surface area contributed by atoms with Gasteiger partial charge in [0.25, 0.3) is 0 Å². The number of nitrogens with one attached hydrogen (secondary N) is 1. The second-order valence-corrected chi connectivity index (χ2v) is 6.92. The number of pyridine rings is 1. The molecule has 150 valence electrons. The molecule has 4 rings (SSSR count). The fourth-order valence-corrected chi connectivity index (χ4v) is 3.34. The number of anilines is 1. The van der Waals surface area contributed by atoms with Gasteiger partial charge in [-0.3, -0.25) is 9.30 Å². The molecule has 3 heterocycles. The maximum absolute atomic E-state index is 13.5. The largest absolute Gasteiger partial charge is 0.357 e. The summed E-state index contributed by atoms with van der Waals surface area (Å²) in [4.78, 5) is 15.5. The highest BCUT2D eigenvalue weighted by molar-refractivity contribution is 5.80. The van der Waals surface area contributed by atoms with Gasteiger partial charge in [-0.15, -0.1) is 0 Å². The van der Waals surface area contributed by atoms with Crippen LogP contribution >= 0.6 is 0 Å². The zero-order chi connectivity index (χ0) is 21.1. The Hall–Kier alpha value is -3.83. The van der Waals surface area contributed by atoms with Crippen molar-refractivity contribution in [3.63, 3.8) is 0 Å². The Kier molecular flexibility index (Phi) is 5.37. The standard InChI is InChI=1S/C22H20FN7/c1-25-22-26-10-7-18(27-22)21-20(16-3-5-17(23)6-4-16)28-19-13-15(8-11-30(19)21)14-29(2)12-9-24/h3-8,10-11,13H,12,14H2,1-2H3,(H,25,26,27). The Labute approximate surface area is 173 Å². The predicted octanol–water partition coefficient (Wildman–Crippen LogP) is 3.59. The maximum atomic E-state index is 13.5. The van der Waals surface area contributed by atoms with E-state index in [4.69, 9.17) is 10.2 Å². The van der Waals surface area contributed by atoms with Crippen molar-refractivity contribution in [1.29, 1.82) is 5.26 Å². The molecule has 0 fully saturated rings. The molecule has 7 nitrogen and oxygen atoms in total. The molecule has 4 aromatic rings. The summed E-state index contributed by atoms with van der Waals surface area (Å²) in [5.74, 6) is 0.202. The number of benzene rings is 1. The van der Waals surface area contributed by atoms with Crippen LogP contribution in [0.15, 0.2) is 54.9 Å². The summed E-state index contributed by atoms with van der Waals surface area (Å²) in [6.07, 6.45) is 3.63. The highest BCUT2D eigenvalue weighted by atomic mass is 19.1. The van der Waals surface area contributed by atoms with E-state index < -0.39 is 0 Å². The molecule has 0 bridgehead atoms. The first-order valence-electron chi connectivity index (χ1n) is 9.42. The van der Waals surface area contributed by atoms with E-state index in [0.717, 1.165) is 22.5 Å². The van der Waals surface area contributed by atoms with Crippen LogP contribution in [0.4, 0.5) is 10.3 Å². The fourth-order valence-electron chi connectivity index (χ4n) is 3.34. The number of hydrogen-bond donors (Lipinski definition) is 1. The maximum Gasteiger partial charge on any atom is 0.222 e. The Morgan fingerprint density at radius 3 is 2.70 bits per heavy atom. The van der Waals surface area contributed by atoms with E-state index in [2.05, 4.69) is 21.4 Å². The molecule has 0 saturated heterocycles. The van der Waals surface area contributed by atoms with Crippen molar-refractivity contribution in [3.8, 4) is 28.7 Å². The summed E-state index contributed by atoms with van der Waals surface area (Å²) in [7, 11) is 3.66. The van der Waals surface area contributed by atoms with Crippen molar-refractivity contribution in [3.05, 3.63) is 66.2 Å². The van der Waals surface area contributed by atoms with Gasteiger partial charge in [-0.1, -0.05) is 0 Å². The molecular weight excluding hydrogens is 381 g/mol. The Bertz CT molecular complexity index is 1220. The number of hydrogen-bond acceptors (Lipinski definition) is 6. The van der Waals surface area contributed by atoms with Gasteiger partial charge in [-0.25, -0.2) is 19.3 Å². The topological polar surface area (TPSA) is 82.1 Å².